The number of nitrogens with zero attached hydrogens (tertiary/aromatic N) is 1. The maximum absolute atomic E-state index is 12.8. The molecule has 1 aliphatic carbocycles. The van der Waals surface area contributed by atoms with Gasteiger partial charge in [-0.15, -0.1) is 11.3 Å². The van der Waals surface area contributed by atoms with Gasteiger partial charge in [0.2, 0.25) is 0 Å². The summed E-state index contributed by atoms with van der Waals surface area (Å²) in [5.74, 6) is -0.525. The number of nitro groups is 1. The normalized spacial score (nSPS) is 12.9. The predicted molar refractivity (Wildman–Crippen MR) is 109 cm³/mol. The first-order valence-corrected chi connectivity index (χ1v) is 10.3. The largest absolute Gasteiger partial charge is 0.352 e. The number of benzene rings is 1. The van der Waals surface area contributed by atoms with E-state index in [2.05, 4.69) is 17.6 Å². The Balaban J connectivity index is 1.84. The number of hydrogen-bond donors (Lipinski definition) is 2. The molecule has 2 amide bonds. The van der Waals surface area contributed by atoms with Crippen molar-refractivity contribution < 1.29 is 14.5 Å². The van der Waals surface area contributed by atoms with Crippen LogP contribution in [-0.4, -0.2) is 23.3 Å². The van der Waals surface area contributed by atoms with E-state index in [9.17, 15) is 19.7 Å². The van der Waals surface area contributed by atoms with Crippen LogP contribution in [-0.2, 0) is 12.8 Å². The van der Waals surface area contributed by atoms with Crippen LogP contribution in [0.4, 0.5) is 10.7 Å². The lowest BCUT2D eigenvalue weighted by Gasteiger charge is -2.13. The minimum absolute atomic E-state index is 0.0703. The molecule has 0 fully saturated rings. The fraction of sp³-hybridized carbons (Fsp3) is 0.400. The molecule has 0 aliphatic heterocycles. The number of carbonyl (C=O) groups excluding carboxylic acids is 2. The average Bonchev–Trinajstić information content (AvgIpc) is 3.06. The molecule has 0 bridgehead atoms. The Morgan fingerprint density at radius 2 is 1.86 bits per heavy atom. The Bertz CT molecular complexity index is 890. The van der Waals surface area contributed by atoms with Gasteiger partial charge in [0, 0.05) is 29.1 Å². The molecular formula is C20H23N3O4S. The second-order valence-corrected chi connectivity index (χ2v) is 7.89. The van der Waals surface area contributed by atoms with Crippen LogP contribution in [0.3, 0.4) is 0 Å². The Morgan fingerprint density at radius 3 is 2.54 bits per heavy atom. The number of rotatable bonds is 7. The van der Waals surface area contributed by atoms with E-state index in [1.54, 1.807) is 0 Å². The summed E-state index contributed by atoms with van der Waals surface area (Å²) >= 11 is 1.46. The van der Waals surface area contributed by atoms with Crippen molar-refractivity contribution >= 4 is 33.8 Å². The number of amides is 2. The third-order valence-corrected chi connectivity index (χ3v) is 5.99. The Morgan fingerprint density at radius 1 is 1.14 bits per heavy atom. The maximum atomic E-state index is 12.8. The number of nitrogens with one attached hydrogen (secondary N) is 2. The van der Waals surface area contributed by atoms with Crippen molar-refractivity contribution in [3.05, 3.63) is 55.9 Å². The van der Waals surface area contributed by atoms with E-state index >= 15 is 0 Å². The molecule has 0 spiro atoms. The van der Waals surface area contributed by atoms with Gasteiger partial charge in [0.1, 0.15) is 5.00 Å². The second-order valence-electron chi connectivity index (χ2n) is 6.78. The fourth-order valence-corrected chi connectivity index (χ4v) is 4.55. The summed E-state index contributed by atoms with van der Waals surface area (Å²) in [6, 6.07) is 5.43. The Labute approximate surface area is 167 Å². The quantitative estimate of drug-likeness (QED) is 0.410. The summed E-state index contributed by atoms with van der Waals surface area (Å²) in [6.07, 6.45) is 5.78. The summed E-state index contributed by atoms with van der Waals surface area (Å²) in [5, 5.41) is 17.1. The molecule has 2 N–H and O–H groups in total. The van der Waals surface area contributed by atoms with Crippen molar-refractivity contribution in [3.63, 3.8) is 0 Å². The molecule has 148 valence electrons. The van der Waals surface area contributed by atoms with Crippen molar-refractivity contribution in [2.45, 2.75) is 45.4 Å². The first-order valence-electron chi connectivity index (χ1n) is 9.49. The van der Waals surface area contributed by atoms with Crippen molar-refractivity contribution in [2.24, 2.45) is 0 Å². The second kappa shape index (κ2) is 8.97. The van der Waals surface area contributed by atoms with Gasteiger partial charge < -0.3 is 10.6 Å². The molecule has 0 unspecified atom stereocenters. The van der Waals surface area contributed by atoms with Gasteiger partial charge in [0.15, 0.2) is 0 Å². The topological polar surface area (TPSA) is 101 Å². The molecular weight excluding hydrogens is 378 g/mol. The minimum Gasteiger partial charge on any atom is -0.352 e. The first-order chi connectivity index (χ1) is 13.5. The highest BCUT2D eigenvalue weighted by molar-refractivity contribution is 7.17. The van der Waals surface area contributed by atoms with E-state index in [1.165, 1.54) is 35.6 Å². The summed E-state index contributed by atoms with van der Waals surface area (Å²) in [7, 11) is 0. The van der Waals surface area contributed by atoms with Gasteiger partial charge >= 0.3 is 0 Å². The number of hydrogen-bond acceptors (Lipinski definition) is 5. The highest BCUT2D eigenvalue weighted by Gasteiger charge is 2.26. The zero-order valence-corrected chi connectivity index (χ0v) is 16.6. The number of non-ortho nitro benzene ring substituents is 1. The number of thiophene rings is 1. The van der Waals surface area contributed by atoms with E-state index in [0.717, 1.165) is 49.0 Å². The molecule has 0 atom stereocenters. The van der Waals surface area contributed by atoms with Crippen molar-refractivity contribution in [3.8, 4) is 0 Å². The van der Waals surface area contributed by atoms with Gasteiger partial charge in [-0.25, -0.2) is 0 Å². The van der Waals surface area contributed by atoms with Crippen LogP contribution in [0.5, 0.6) is 0 Å². The summed E-state index contributed by atoms with van der Waals surface area (Å²) in [6.45, 7) is 2.67. The molecule has 1 aromatic heterocycles. The van der Waals surface area contributed by atoms with Crippen LogP contribution in [0.2, 0.25) is 0 Å². The fourth-order valence-electron chi connectivity index (χ4n) is 3.27. The lowest BCUT2D eigenvalue weighted by Crippen LogP contribution is -2.26. The molecule has 28 heavy (non-hydrogen) atoms. The van der Waals surface area contributed by atoms with Crippen LogP contribution < -0.4 is 10.6 Å². The zero-order valence-electron chi connectivity index (χ0n) is 15.7. The van der Waals surface area contributed by atoms with Crippen LogP contribution in [0, 0.1) is 10.1 Å². The molecule has 1 heterocycles. The standard InChI is InChI=1S/C20H23N3O4S/c1-2-3-12-21-19(25)17-15-6-4-5-7-16(15)28-20(17)22-18(24)13-8-10-14(11-9-13)23(26)27/h8-11H,2-7,12H2,1H3,(H,21,25)(H,22,24). The summed E-state index contributed by atoms with van der Waals surface area (Å²) in [5.41, 5.74) is 1.86. The van der Waals surface area contributed by atoms with E-state index in [0.29, 0.717) is 22.7 Å². The van der Waals surface area contributed by atoms with Gasteiger partial charge in [0.25, 0.3) is 17.5 Å². The first kappa shape index (κ1) is 20.0. The van der Waals surface area contributed by atoms with Gasteiger partial charge in [-0.3, -0.25) is 19.7 Å². The van der Waals surface area contributed by atoms with Gasteiger partial charge in [-0.1, -0.05) is 13.3 Å². The van der Waals surface area contributed by atoms with E-state index < -0.39 is 4.92 Å². The Hall–Kier alpha value is -2.74. The average molecular weight is 401 g/mol. The Kier molecular flexibility index (Phi) is 6.41. The van der Waals surface area contributed by atoms with E-state index in [4.69, 9.17) is 0 Å². The molecule has 2 aromatic rings. The van der Waals surface area contributed by atoms with Crippen LogP contribution in [0.25, 0.3) is 0 Å². The summed E-state index contributed by atoms with van der Waals surface area (Å²) < 4.78 is 0. The van der Waals surface area contributed by atoms with Gasteiger partial charge in [0.05, 0.1) is 10.5 Å². The molecule has 0 saturated heterocycles. The molecule has 0 radical (unpaired) electrons. The van der Waals surface area contributed by atoms with Crippen molar-refractivity contribution in [1.82, 2.24) is 5.32 Å². The molecule has 0 saturated carbocycles. The maximum Gasteiger partial charge on any atom is 0.269 e. The number of aryl methyl sites for hydroxylation is 1. The highest BCUT2D eigenvalue weighted by Crippen LogP contribution is 2.38. The SMILES string of the molecule is CCCCNC(=O)c1c(NC(=O)c2ccc([N+](=O)[O-])cc2)sc2c1CCCC2. The number of carbonyl (C=O) groups is 2. The predicted octanol–water partition coefficient (Wildman–Crippen LogP) is 4.32. The van der Waals surface area contributed by atoms with E-state index in [-0.39, 0.29) is 17.5 Å². The minimum atomic E-state index is -0.506. The highest BCUT2D eigenvalue weighted by atomic mass is 32.1. The van der Waals surface area contributed by atoms with Gasteiger partial charge in [-0.05, 0) is 49.8 Å². The molecule has 1 aliphatic rings. The molecule has 7 nitrogen and oxygen atoms in total. The van der Waals surface area contributed by atoms with E-state index in [1.807, 2.05) is 0 Å². The number of fused-ring (bicyclic) bond motifs is 1. The monoisotopic (exact) mass is 401 g/mol. The third kappa shape index (κ3) is 4.39. The summed E-state index contributed by atoms with van der Waals surface area (Å²) in [4.78, 5) is 36.8. The molecule has 3 rings (SSSR count). The third-order valence-electron chi connectivity index (χ3n) is 4.78. The lowest BCUT2D eigenvalue weighted by molar-refractivity contribution is -0.384. The number of nitro benzene ring substituents is 1. The smallest absolute Gasteiger partial charge is 0.269 e. The van der Waals surface area contributed by atoms with Gasteiger partial charge in [-0.2, -0.15) is 0 Å². The van der Waals surface area contributed by atoms with Crippen LogP contribution >= 0.6 is 11.3 Å². The molecule has 1 aromatic carbocycles. The number of anilines is 1. The lowest BCUT2D eigenvalue weighted by atomic mass is 9.95. The van der Waals surface area contributed by atoms with Crippen molar-refractivity contribution in [2.75, 3.05) is 11.9 Å². The van der Waals surface area contributed by atoms with Crippen LogP contribution in [0.1, 0.15) is 63.8 Å². The molecule has 8 heteroatoms. The zero-order chi connectivity index (χ0) is 20.1. The van der Waals surface area contributed by atoms with Crippen molar-refractivity contribution in [1.29, 1.82) is 0 Å². The number of unbranched alkanes of at least 4 members (excludes halogenated alkanes) is 1. The van der Waals surface area contributed by atoms with Crippen LogP contribution in [0.15, 0.2) is 24.3 Å².